The molecule has 2 rings (SSSR count). The number of rotatable bonds is 9. The first-order chi connectivity index (χ1) is 12.8. The average Bonchev–Trinajstić information content (AvgIpc) is 3.28. The molecule has 0 aromatic carbocycles. The number of alkyl halides is 3. The van der Waals surface area contributed by atoms with Gasteiger partial charge in [0, 0.05) is 18.2 Å². The molecule has 0 atom stereocenters. The van der Waals surface area contributed by atoms with Crippen LogP contribution < -0.4 is 15.4 Å². The van der Waals surface area contributed by atoms with Gasteiger partial charge in [0.1, 0.15) is 12.0 Å². The number of halogens is 3. The molecule has 0 saturated carbocycles. The number of nitrogens with one attached hydrogen (secondary N) is 2. The Balaban J connectivity index is 1.64. The molecule has 0 fully saturated rings. The summed E-state index contributed by atoms with van der Waals surface area (Å²) in [6.45, 7) is 3.31. The maximum atomic E-state index is 12.4. The lowest BCUT2D eigenvalue weighted by molar-refractivity contribution is -0.153. The van der Waals surface area contributed by atoms with E-state index in [0.29, 0.717) is 5.75 Å². The first kappa shape index (κ1) is 20.1. The molecule has 0 unspecified atom stereocenters. The fourth-order valence-electron chi connectivity index (χ4n) is 1.92. The highest BCUT2D eigenvalue weighted by Gasteiger charge is 2.34. The molecule has 0 radical (unpaired) electrons. The number of furan rings is 2. The van der Waals surface area contributed by atoms with Crippen LogP contribution in [0, 0.1) is 0 Å². The van der Waals surface area contributed by atoms with Gasteiger partial charge in [-0.3, -0.25) is 9.59 Å². The Morgan fingerprint density at radius 1 is 1.19 bits per heavy atom. The standard InChI is InChI=1S/C17H17F3N2O5/c1-11(4-6-21-15(23)10-26-13-5-7-25-9-13)16(24)22-8-12-2-3-14(27-12)17(18,19)20/h2-3,5,7,9H,1,4,6,8,10H2,(H,21,23)(H,22,24). The van der Waals surface area contributed by atoms with Gasteiger partial charge in [-0.1, -0.05) is 6.58 Å². The molecule has 0 aliphatic rings. The van der Waals surface area contributed by atoms with E-state index in [4.69, 9.17) is 9.15 Å². The van der Waals surface area contributed by atoms with Gasteiger partial charge in [0.25, 0.3) is 5.91 Å². The van der Waals surface area contributed by atoms with E-state index in [1.807, 2.05) is 0 Å². The van der Waals surface area contributed by atoms with Crippen LogP contribution in [-0.2, 0) is 22.3 Å². The topological polar surface area (TPSA) is 93.7 Å². The van der Waals surface area contributed by atoms with Crippen LogP contribution in [0.1, 0.15) is 17.9 Å². The molecule has 0 spiro atoms. The minimum Gasteiger partial charge on any atom is -0.480 e. The molecule has 2 aromatic heterocycles. The first-order valence-electron chi connectivity index (χ1n) is 7.79. The van der Waals surface area contributed by atoms with Gasteiger partial charge in [-0.05, 0) is 18.6 Å². The summed E-state index contributed by atoms with van der Waals surface area (Å²) in [5.41, 5.74) is 0.161. The van der Waals surface area contributed by atoms with Gasteiger partial charge in [0.05, 0.1) is 12.8 Å². The lowest BCUT2D eigenvalue weighted by Crippen LogP contribution is -2.31. The van der Waals surface area contributed by atoms with Crippen LogP contribution in [0.15, 0.2) is 51.7 Å². The van der Waals surface area contributed by atoms with E-state index in [9.17, 15) is 22.8 Å². The second-order valence-electron chi connectivity index (χ2n) is 5.40. The van der Waals surface area contributed by atoms with Crippen LogP contribution in [0.5, 0.6) is 5.75 Å². The zero-order valence-corrected chi connectivity index (χ0v) is 14.1. The molecule has 27 heavy (non-hydrogen) atoms. The monoisotopic (exact) mass is 386 g/mol. The number of carbonyl (C=O) groups is 2. The van der Waals surface area contributed by atoms with Crippen LogP contribution in [0.25, 0.3) is 0 Å². The minimum atomic E-state index is -4.58. The van der Waals surface area contributed by atoms with Crippen LogP contribution in [0.2, 0.25) is 0 Å². The third kappa shape index (κ3) is 6.57. The number of hydrogen-bond donors (Lipinski definition) is 2. The lowest BCUT2D eigenvalue weighted by atomic mass is 10.2. The Kier molecular flexibility index (Phi) is 6.69. The molecule has 2 N–H and O–H groups in total. The van der Waals surface area contributed by atoms with Gasteiger partial charge >= 0.3 is 6.18 Å². The Morgan fingerprint density at radius 3 is 2.59 bits per heavy atom. The largest absolute Gasteiger partial charge is 0.480 e. The maximum Gasteiger partial charge on any atom is 0.449 e. The zero-order chi connectivity index (χ0) is 19.9. The van der Waals surface area contributed by atoms with Crippen LogP contribution in [0.3, 0.4) is 0 Å². The molecule has 0 saturated heterocycles. The molecule has 10 heteroatoms. The highest BCUT2D eigenvalue weighted by molar-refractivity contribution is 5.92. The Labute approximate surface area is 152 Å². The van der Waals surface area contributed by atoms with E-state index < -0.39 is 17.8 Å². The number of hydrogen-bond acceptors (Lipinski definition) is 5. The van der Waals surface area contributed by atoms with Gasteiger partial charge < -0.3 is 24.2 Å². The van der Waals surface area contributed by atoms with E-state index in [0.717, 1.165) is 12.1 Å². The van der Waals surface area contributed by atoms with Crippen LogP contribution in [0.4, 0.5) is 13.2 Å². The van der Waals surface area contributed by atoms with Crippen molar-refractivity contribution in [1.82, 2.24) is 10.6 Å². The summed E-state index contributed by atoms with van der Waals surface area (Å²) >= 11 is 0. The van der Waals surface area contributed by atoms with E-state index >= 15 is 0 Å². The van der Waals surface area contributed by atoms with Crippen LogP contribution >= 0.6 is 0 Å². The summed E-state index contributed by atoms with van der Waals surface area (Å²) in [6, 6.07) is 3.47. The Bertz CT molecular complexity index is 781. The summed E-state index contributed by atoms with van der Waals surface area (Å²) < 4.78 is 51.8. The Hall–Kier alpha value is -3.17. The second kappa shape index (κ2) is 8.97. The first-order valence-corrected chi connectivity index (χ1v) is 7.79. The summed E-state index contributed by atoms with van der Waals surface area (Å²) in [5, 5.41) is 4.94. The number of carbonyl (C=O) groups excluding carboxylic acids is 2. The van der Waals surface area contributed by atoms with Crippen molar-refractivity contribution in [2.45, 2.75) is 19.1 Å². The fraction of sp³-hybridized carbons (Fsp3) is 0.294. The molecular weight excluding hydrogens is 369 g/mol. The fourth-order valence-corrected chi connectivity index (χ4v) is 1.92. The van der Waals surface area contributed by atoms with Gasteiger partial charge in [0.2, 0.25) is 11.7 Å². The van der Waals surface area contributed by atoms with Gasteiger partial charge in [0.15, 0.2) is 12.4 Å². The lowest BCUT2D eigenvalue weighted by Gasteiger charge is -2.08. The molecule has 0 bridgehead atoms. The SMILES string of the molecule is C=C(CCNC(=O)COc1ccoc1)C(=O)NCc1ccc(C(F)(F)F)o1. The van der Waals surface area contributed by atoms with Gasteiger partial charge in [-0.2, -0.15) is 13.2 Å². The normalized spacial score (nSPS) is 11.1. The number of ether oxygens (including phenoxy) is 1. The quantitative estimate of drug-likeness (QED) is 0.647. The number of amides is 2. The molecule has 2 amide bonds. The summed E-state index contributed by atoms with van der Waals surface area (Å²) in [4.78, 5) is 23.4. The maximum absolute atomic E-state index is 12.4. The highest BCUT2D eigenvalue weighted by atomic mass is 19.4. The predicted molar refractivity (Wildman–Crippen MR) is 86.5 cm³/mol. The van der Waals surface area contributed by atoms with Crippen molar-refractivity contribution < 1.29 is 36.3 Å². The predicted octanol–water partition coefficient (Wildman–Crippen LogP) is 2.65. The van der Waals surface area contributed by atoms with Crippen molar-refractivity contribution in [3.8, 4) is 5.75 Å². The molecule has 0 aliphatic heterocycles. The average molecular weight is 386 g/mol. The van der Waals surface area contributed by atoms with Gasteiger partial charge in [-0.25, -0.2) is 0 Å². The van der Waals surface area contributed by atoms with E-state index in [-0.39, 0.29) is 43.4 Å². The minimum absolute atomic E-state index is 0.0341. The molecule has 146 valence electrons. The van der Waals surface area contributed by atoms with Crippen molar-refractivity contribution in [1.29, 1.82) is 0 Å². The zero-order valence-electron chi connectivity index (χ0n) is 14.1. The smallest absolute Gasteiger partial charge is 0.449 e. The molecular formula is C17H17F3N2O5. The molecule has 2 heterocycles. The highest BCUT2D eigenvalue weighted by Crippen LogP contribution is 2.30. The van der Waals surface area contributed by atoms with Crippen molar-refractivity contribution in [3.63, 3.8) is 0 Å². The van der Waals surface area contributed by atoms with Crippen molar-refractivity contribution in [3.05, 3.63) is 54.4 Å². The van der Waals surface area contributed by atoms with E-state index in [1.54, 1.807) is 6.07 Å². The summed E-state index contributed by atoms with van der Waals surface area (Å²) in [5.74, 6) is -1.69. The third-order valence-electron chi connectivity index (χ3n) is 3.30. The van der Waals surface area contributed by atoms with Crippen molar-refractivity contribution in [2.75, 3.05) is 13.2 Å². The molecule has 0 aliphatic carbocycles. The van der Waals surface area contributed by atoms with Crippen LogP contribution in [-0.4, -0.2) is 25.0 Å². The molecule has 2 aromatic rings. The van der Waals surface area contributed by atoms with Crippen molar-refractivity contribution in [2.24, 2.45) is 0 Å². The second-order valence-corrected chi connectivity index (χ2v) is 5.40. The summed E-state index contributed by atoms with van der Waals surface area (Å²) in [6.07, 6.45) is -1.67. The van der Waals surface area contributed by atoms with Gasteiger partial charge in [-0.15, -0.1) is 0 Å². The Morgan fingerprint density at radius 2 is 1.96 bits per heavy atom. The van der Waals surface area contributed by atoms with E-state index in [1.165, 1.54) is 12.5 Å². The molecule has 7 nitrogen and oxygen atoms in total. The third-order valence-corrected chi connectivity index (χ3v) is 3.30. The van der Waals surface area contributed by atoms with E-state index in [2.05, 4.69) is 21.6 Å². The van der Waals surface area contributed by atoms with Crippen molar-refractivity contribution >= 4 is 11.8 Å². The summed E-state index contributed by atoms with van der Waals surface area (Å²) in [7, 11) is 0.